The number of rotatable bonds is 5. The van der Waals surface area contributed by atoms with E-state index in [1.807, 2.05) is 0 Å². The zero-order valence-electron chi connectivity index (χ0n) is 8.40. The highest BCUT2D eigenvalue weighted by atomic mass is 127. The summed E-state index contributed by atoms with van der Waals surface area (Å²) < 4.78 is 7.54. The van der Waals surface area contributed by atoms with E-state index >= 15 is 0 Å². The molecule has 0 unspecified atom stereocenters. The van der Waals surface area contributed by atoms with Crippen LogP contribution in [0.25, 0.3) is 0 Å². The second-order valence-electron chi connectivity index (χ2n) is 3.10. The van der Waals surface area contributed by atoms with E-state index in [0.29, 0.717) is 6.54 Å². The monoisotopic (exact) mass is 324 g/mol. The minimum Gasteiger partial charge on any atom is -0.381 e. The molecule has 0 saturated carbocycles. The van der Waals surface area contributed by atoms with Crippen LogP contribution in [0.1, 0.15) is 6.42 Å². The smallest absolute Gasteiger partial charge is 0.328 e. The normalized spacial score (nSPS) is 12.7. The van der Waals surface area contributed by atoms with Gasteiger partial charge < -0.3 is 9.30 Å². The molecule has 1 aromatic heterocycles. The van der Waals surface area contributed by atoms with Crippen LogP contribution < -0.4 is 11.2 Å². The fourth-order valence-electron chi connectivity index (χ4n) is 1.16. The molecule has 15 heavy (non-hydrogen) atoms. The van der Waals surface area contributed by atoms with Crippen molar-refractivity contribution in [1.82, 2.24) is 9.55 Å². The van der Waals surface area contributed by atoms with Crippen LogP contribution in [0.15, 0.2) is 21.9 Å². The maximum atomic E-state index is 11.3. The molecule has 1 atom stereocenters. The Morgan fingerprint density at radius 2 is 2.33 bits per heavy atom. The molecule has 5 nitrogen and oxygen atoms in total. The van der Waals surface area contributed by atoms with Crippen LogP contribution in [0.2, 0.25) is 0 Å². The van der Waals surface area contributed by atoms with Crippen LogP contribution >= 0.6 is 22.6 Å². The lowest BCUT2D eigenvalue weighted by atomic mass is 10.3. The SMILES string of the molecule is CO[C@H](CI)CCn1ccc(=O)[nH]c1=O. The topological polar surface area (TPSA) is 64.1 Å². The van der Waals surface area contributed by atoms with Crippen molar-refractivity contribution in [2.75, 3.05) is 11.5 Å². The van der Waals surface area contributed by atoms with Gasteiger partial charge in [0.1, 0.15) is 0 Å². The molecule has 0 fully saturated rings. The van der Waals surface area contributed by atoms with E-state index < -0.39 is 0 Å². The van der Waals surface area contributed by atoms with Gasteiger partial charge in [-0.15, -0.1) is 0 Å². The van der Waals surface area contributed by atoms with Crippen LogP contribution in [0.4, 0.5) is 0 Å². The Kier molecular flexibility index (Phi) is 5.03. The number of alkyl halides is 1. The standard InChI is InChI=1S/C9H13IN2O3/c1-15-7(6-10)2-4-12-5-3-8(13)11-9(12)14/h3,5,7H,2,4,6H2,1H3,(H,11,13,14)/t7-/m0/s1. The van der Waals surface area contributed by atoms with Gasteiger partial charge in [-0.2, -0.15) is 0 Å². The van der Waals surface area contributed by atoms with E-state index in [0.717, 1.165) is 10.8 Å². The number of H-pyrrole nitrogens is 1. The molecule has 0 radical (unpaired) electrons. The lowest BCUT2D eigenvalue weighted by Gasteiger charge is -2.12. The molecule has 0 aliphatic carbocycles. The Hall–Kier alpha value is -0.630. The average Bonchev–Trinajstić information content (AvgIpc) is 2.22. The summed E-state index contributed by atoms with van der Waals surface area (Å²) >= 11 is 2.24. The summed E-state index contributed by atoms with van der Waals surface area (Å²) in [5.41, 5.74) is -0.737. The fourth-order valence-corrected chi connectivity index (χ4v) is 1.96. The first kappa shape index (κ1) is 12.4. The zero-order valence-corrected chi connectivity index (χ0v) is 10.6. The second-order valence-corrected chi connectivity index (χ2v) is 3.99. The van der Waals surface area contributed by atoms with Crippen molar-refractivity contribution in [3.8, 4) is 0 Å². The fraction of sp³-hybridized carbons (Fsp3) is 0.556. The summed E-state index contributed by atoms with van der Waals surface area (Å²) in [6.07, 6.45) is 2.40. The van der Waals surface area contributed by atoms with Gasteiger partial charge in [-0.1, -0.05) is 22.6 Å². The predicted octanol–water partition coefficient (Wildman–Crippen LogP) is 0.377. The highest BCUT2D eigenvalue weighted by molar-refractivity contribution is 14.1. The minimum absolute atomic E-state index is 0.143. The van der Waals surface area contributed by atoms with Gasteiger partial charge in [-0.3, -0.25) is 9.78 Å². The Labute approximate surface area is 101 Å². The number of nitrogens with one attached hydrogen (secondary N) is 1. The molecule has 0 aromatic carbocycles. The molecule has 84 valence electrons. The van der Waals surface area contributed by atoms with Crippen LogP contribution in [-0.4, -0.2) is 27.2 Å². The van der Waals surface area contributed by atoms with Crippen molar-refractivity contribution in [3.63, 3.8) is 0 Å². The Morgan fingerprint density at radius 1 is 1.60 bits per heavy atom. The first-order valence-electron chi connectivity index (χ1n) is 4.56. The first-order chi connectivity index (χ1) is 7.17. The Balaban J connectivity index is 2.65. The molecule has 0 bridgehead atoms. The molecule has 0 aliphatic rings. The van der Waals surface area contributed by atoms with Gasteiger partial charge in [0.25, 0.3) is 5.56 Å². The van der Waals surface area contributed by atoms with E-state index in [-0.39, 0.29) is 17.4 Å². The quantitative estimate of drug-likeness (QED) is 0.629. The summed E-state index contributed by atoms with van der Waals surface area (Å²) in [5, 5.41) is 0. The maximum Gasteiger partial charge on any atom is 0.328 e. The molecule has 0 aliphatic heterocycles. The van der Waals surface area contributed by atoms with Crippen molar-refractivity contribution in [1.29, 1.82) is 0 Å². The van der Waals surface area contributed by atoms with Crippen molar-refractivity contribution in [2.24, 2.45) is 0 Å². The van der Waals surface area contributed by atoms with Crippen LogP contribution in [0, 0.1) is 0 Å². The van der Waals surface area contributed by atoms with Crippen LogP contribution in [0.3, 0.4) is 0 Å². The number of aromatic nitrogens is 2. The molecular formula is C9H13IN2O3. The van der Waals surface area contributed by atoms with Crippen molar-refractivity contribution >= 4 is 22.6 Å². The number of nitrogens with zero attached hydrogens (tertiary/aromatic N) is 1. The lowest BCUT2D eigenvalue weighted by Crippen LogP contribution is -2.30. The molecule has 1 N–H and O–H groups in total. The van der Waals surface area contributed by atoms with Gasteiger partial charge in [0, 0.05) is 30.3 Å². The number of ether oxygens (including phenoxy) is 1. The molecular weight excluding hydrogens is 311 g/mol. The Bertz CT molecular complexity index is 408. The van der Waals surface area contributed by atoms with Gasteiger partial charge >= 0.3 is 5.69 Å². The number of aromatic amines is 1. The van der Waals surface area contributed by atoms with E-state index in [9.17, 15) is 9.59 Å². The summed E-state index contributed by atoms with van der Waals surface area (Å²) in [4.78, 5) is 24.3. The number of aryl methyl sites for hydroxylation is 1. The highest BCUT2D eigenvalue weighted by Crippen LogP contribution is 2.02. The van der Waals surface area contributed by atoms with Gasteiger partial charge in [-0.05, 0) is 6.42 Å². The van der Waals surface area contributed by atoms with Gasteiger partial charge in [0.15, 0.2) is 0 Å². The van der Waals surface area contributed by atoms with Gasteiger partial charge in [0.05, 0.1) is 6.10 Å². The van der Waals surface area contributed by atoms with Crippen molar-refractivity contribution < 1.29 is 4.74 Å². The minimum atomic E-state index is -0.370. The molecule has 1 rings (SSSR count). The summed E-state index contributed by atoms with van der Waals surface area (Å²) in [7, 11) is 1.65. The van der Waals surface area contributed by atoms with Gasteiger partial charge in [-0.25, -0.2) is 4.79 Å². The molecule has 6 heteroatoms. The zero-order chi connectivity index (χ0) is 11.3. The molecule has 0 amide bonds. The van der Waals surface area contributed by atoms with Crippen LogP contribution in [0.5, 0.6) is 0 Å². The first-order valence-corrected chi connectivity index (χ1v) is 6.08. The summed E-state index contributed by atoms with van der Waals surface area (Å²) in [5.74, 6) is 0. The van der Waals surface area contributed by atoms with E-state index in [1.165, 1.54) is 16.8 Å². The summed E-state index contributed by atoms with van der Waals surface area (Å²) in [6, 6.07) is 1.34. The molecule has 0 spiro atoms. The Morgan fingerprint density at radius 3 is 2.87 bits per heavy atom. The summed E-state index contributed by atoms with van der Waals surface area (Å²) in [6.45, 7) is 0.553. The molecule has 1 heterocycles. The van der Waals surface area contributed by atoms with E-state index in [4.69, 9.17) is 4.74 Å². The number of hydrogen-bond acceptors (Lipinski definition) is 3. The largest absolute Gasteiger partial charge is 0.381 e. The van der Waals surface area contributed by atoms with Crippen molar-refractivity contribution in [3.05, 3.63) is 33.1 Å². The van der Waals surface area contributed by atoms with Gasteiger partial charge in [0.2, 0.25) is 0 Å². The van der Waals surface area contributed by atoms with Crippen molar-refractivity contribution in [2.45, 2.75) is 19.1 Å². The lowest BCUT2D eigenvalue weighted by molar-refractivity contribution is 0.112. The van der Waals surface area contributed by atoms with E-state index in [2.05, 4.69) is 27.6 Å². The van der Waals surface area contributed by atoms with Crippen LogP contribution in [-0.2, 0) is 11.3 Å². The average molecular weight is 324 g/mol. The van der Waals surface area contributed by atoms with E-state index in [1.54, 1.807) is 7.11 Å². The number of hydrogen-bond donors (Lipinski definition) is 1. The third-order valence-electron chi connectivity index (χ3n) is 2.09. The molecule has 0 saturated heterocycles. The highest BCUT2D eigenvalue weighted by Gasteiger charge is 2.05. The number of halogens is 1. The number of methoxy groups -OCH3 is 1. The molecule has 1 aromatic rings. The predicted molar refractivity (Wildman–Crippen MR) is 65.6 cm³/mol. The third-order valence-corrected chi connectivity index (χ3v) is 3.08. The third kappa shape index (κ3) is 3.78. The maximum absolute atomic E-state index is 11.3. The second kappa shape index (κ2) is 6.06.